The number of pyridine rings is 1. The molecule has 0 saturated carbocycles. The Morgan fingerprint density at radius 3 is 2.94 bits per heavy atom. The van der Waals surface area contributed by atoms with Crippen molar-refractivity contribution in [2.75, 3.05) is 5.32 Å². The number of amides is 1. The number of aryl methyl sites for hydroxylation is 1. The van der Waals surface area contributed by atoms with Crippen molar-refractivity contribution in [2.24, 2.45) is 5.73 Å². The van der Waals surface area contributed by atoms with Crippen molar-refractivity contribution in [1.29, 1.82) is 0 Å². The summed E-state index contributed by atoms with van der Waals surface area (Å²) in [6.07, 6.45) is 1.57. The number of nitrogens with one attached hydrogen (secondary N) is 1. The average Bonchev–Trinajstić information content (AvgIpc) is 2.73. The molecule has 0 saturated heterocycles. The fourth-order valence-electron chi connectivity index (χ4n) is 1.44. The minimum Gasteiger partial charge on any atom is -0.380 e. The van der Waals surface area contributed by atoms with Gasteiger partial charge in [0.15, 0.2) is 0 Å². The van der Waals surface area contributed by atoms with Gasteiger partial charge in [0.25, 0.3) is 5.91 Å². The van der Waals surface area contributed by atoms with E-state index in [9.17, 15) is 4.79 Å². The van der Waals surface area contributed by atoms with Crippen LogP contribution in [-0.2, 0) is 6.54 Å². The van der Waals surface area contributed by atoms with E-state index in [-0.39, 0.29) is 5.69 Å². The van der Waals surface area contributed by atoms with Crippen molar-refractivity contribution in [2.45, 2.75) is 13.5 Å². The summed E-state index contributed by atoms with van der Waals surface area (Å²) in [6, 6.07) is 7.64. The number of anilines is 1. The lowest BCUT2D eigenvalue weighted by molar-refractivity contribution is 0.0995. The molecular formula is C12H13N3OS. The van der Waals surface area contributed by atoms with Crippen molar-refractivity contribution in [1.82, 2.24) is 4.98 Å². The van der Waals surface area contributed by atoms with Gasteiger partial charge in [-0.2, -0.15) is 0 Å². The molecule has 0 aliphatic carbocycles. The molecule has 0 bridgehead atoms. The van der Waals surface area contributed by atoms with Gasteiger partial charge in [0.05, 0.1) is 0 Å². The fourth-order valence-corrected chi connectivity index (χ4v) is 2.27. The van der Waals surface area contributed by atoms with Gasteiger partial charge in [-0.25, -0.2) is 0 Å². The van der Waals surface area contributed by atoms with E-state index in [0.29, 0.717) is 0 Å². The quantitative estimate of drug-likeness (QED) is 0.870. The van der Waals surface area contributed by atoms with Gasteiger partial charge in [-0.05, 0) is 31.2 Å². The Morgan fingerprint density at radius 1 is 1.47 bits per heavy atom. The van der Waals surface area contributed by atoms with Crippen molar-refractivity contribution in [3.05, 3.63) is 45.9 Å². The Bertz CT molecular complexity index is 536. The summed E-state index contributed by atoms with van der Waals surface area (Å²) in [5, 5.41) is 3.23. The number of nitrogens with zero attached hydrogens (tertiary/aromatic N) is 1. The summed E-state index contributed by atoms with van der Waals surface area (Å²) in [7, 11) is 0. The molecule has 0 unspecified atom stereocenters. The molecule has 0 aliphatic heterocycles. The Kier molecular flexibility index (Phi) is 3.39. The highest BCUT2D eigenvalue weighted by atomic mass is 32.1. The number of thiophene rings is 1. The second kappa shape index (κ2) is 4.97. The molecule has 2 aromatic heterocycles. The van der Waals surface area contributed by atoms with E-state index < -0.39 is 5.91 Å². The first-order valence-corrected chi connectivity index (χ1v) is 6.02. The highest BCUT2D eigenvalue weighted by Gasteiger charge is 2.03. The molecule has 0 atom stereocenters. The number of nitrogens with two attached hydrogens (primary N) is 1. The smallest absolute Gasteiger partial charge is 0.267 e. The number of hydrogen-bond donors (Lipinski definition) is 2. The molecular weight excluding hydrogens is 234 g/mol. The number of carbonyl (C=O) groups excluding carboxylic acids is 1. The Hall–Kier alpha value is -1.88. The van der Waals surface area contributed by atoms with Crippen molar-refractivity contribution < 1.29 is 4.79 Å². The Morgan fingerprint density at radius 2 is 2.29 bits per heavy atom. The standard InChI is InChI=1S/C12H13N3OS/c1-8-2-3-10(17-8)7-15-9-4-5-14-11(6-9)12(13)16/h2-6H,7H2,1H3,(H2,13,16)(H,14,15). The second-order valence-electron chi connectivity index (χ2n) is 3.66. The van der Waals surface area contributed by atoms with E-state index in [1.807, 2.05) is 6.07 Å². The molecule has 3 N–H and O–H groups in total. The molecule has 88 valence electrons. The SMILES string of the molecule is Cc1ccc(CNc2ccnc(C(N)=O)c2)s1. The molecule has 0 aromatic carbocycles. The molecule has 0 spiro atoms. The van der Waals surface area contributed by atoms with Crippen molar-refractivity contribution in [3.63, 3.8) is 0 Å². The van der Waals surface area contributed by atoms with Crippen LogP contribution in [0.15, 0.2) is 30.5 Å². The topological polar surface area (TPSA) is 68.0 Å². The largest absolute Gasteiger partial charge is 0.380 e. The summed E-state index contributed by atoms with van der Waals surface area (Å²) in [5.74, 6) is -0.513. The summed E-state index contributed by atoms with van der Waals surface area (Å²) < 4.78 is 0. The van der Waals surface area contributed by atoms with Crippen LogP contribution in [0.2, 0.25) is 0 Å². The molecule has 0 radical (unpaired) electrons. The lowest BCUT2D eigenvalue weighted by Gasteiger charge is -2.05. The fraction of sp³-hybridized carbons (Fsp3) is 0.167. The van der Waals surface area contributed by atoms with Gasteiger partial charge >= 0.3 is 0 Å². The highest BCUT2D eigenvalue weighted by Crippen LogP contribution is 2.17. The summed E-state index contributed by atoms with van der Waals surface area (Å²) in [5.41, 5.74) is 6.29. The predicted molar refractivity (Wildman–Crippen MR) is 69.1 cm³/mol. The predicted octanol–water partition coefficient (Wildman–Crippen LogP) is 2.16. The zero-order chi connectivity index (χ0) is 12.3. The van der Waals surface area contributed by atoms with Gasteiger partial charge in [0, 0.05) is 28.2 Å². The average molecular weight is 247 g/mol. The van der Waals surface area contributed by atoms with Crippen LogP contribution in [0.25, 0.3) is 0 Å². The van der Waals surface area contributed by atoms with Crippen LogP contribution < -0.4 is 11.1 Å². The van der Waals surface area contributed by atoms with Gasteiger partial charge in [-0.3, -0.25) is 9.78 Å². The van der Waals surface area contributed by atoms with Crippen LogP contribution in [0, 0.1) is 6.92 Å². The van der Waals surface area contributed by atoms with E-state index in [1.54, 1.807) is 23.6 Å². The monoisotopic (exact) mass is 247 g/mol. The lowest BCUT2D eigenvalue weighted by atomic mass is 10.3. The first-order valence-electron chi connectivity index (χ1n) is 5.20. The van der Waals surface area contributed by atoms with E-state index in [1.165, 1.54) is 9.75 Å². The summed E-state index contributed by atoms with van der Waals surface area (Å²) >= 11 is 1.75. The third kappa shape index (κ3) is 3.04. The third-order valence-corrected chi connectivity index (χ3v) is 3.28. The van der Waals surface area contributed by atoms with Gasteiger partial charge in [0.1, 0.15) is 5.69 Å². The zero-order valence-corrected chi connectivity index (χ0v) is 10.3. The minimum atomic E-state index is -0.513. The lowest BCUT2D eigenvalue weighted by Crippen LogP contribution is -2.13. The van der Waals surface area contributed by atoms with Gasteiger partial charge in [-0.15, -0.1) is 11.3 Å². The molecule has 2 heterocycles. The van der Waals surface area contributed by atoms with Crippen LogP contribution in [0.3, 0.4) is 0 Å². The molecule has 0 fully saturated rings. The van der Waals surface area contributed by atoms with Crippen LogP contribution in [0.1, 0.15) is 20.2 Å². The van der Waals surface area contributed by atoms with Crippen LogP contribution in [-0.4, -0.2) is 10.9 Å². The molecule has 0 aliphatic rings. The van der Waals surface area contributed by atoms with Crippen LogP contribution in [0.4, 0.5) is 5.69 Å². The maximum atomic E-state index is 11.0. The minimum absolute atomic E-state index is 0.275. The molecule has 17 heavy (non-hydrogen) atoms. The Balaban J connectivity index is 2.04. The first-order chi connectivity index (χ1) is 8.15. The number of hydrogen-bond acceptors (Lipinski definition) is 4. The summed E-state index contributed by atoms with van der Waals surface area (Å²) in [6.45, 7) is 2.81. The maximum absolute atomic E-state index is 11.0. The number of carbonyl (C=O) groups is 1. The molecule has 2 rings (SSSR count). The van der Waals surface area contributed by atoms with E-state index >= 15 is 0 Å². The van der Waals surface area contributed by atoms with E-state index in [0.717, 1.165) is 12.2 Å². The molecule has 1 amide bonds. The van der Waals surface area contributed by atoms with Crippen molar-refractivity contribution >= 4 is 22.9 Å². The highest BCUT2D eigenvalue weighted by molar-refractivity contribution is 7.11. The van der Waals surface area contributed by atoms with Crippen LogP contribution >= 0.6 is 11.3 Å². The normalized spacial score (nSPS) is 10.2. The number of aromatic nitrogens is 1. The number of rotatable bonds is 4. The van der Waals surface area contributed by atoms with Gasteiger partial charge in [-0.1, -0.05) is 0 Å². The van der Waals surface area contributed by atoms with Gasteiger partial charge < -0.3 is 11.1 Å². The third-order valence-electron chi connectivity index (χ3n) is 2.28. The van der Waals surface area contributed by atoms with E-state index in [4.69, 9.17) is 5.73 Å². The maximum Gasteiger partial charge on any atom is 0.267 e. The Labute approximate surface area is 103 Å². The van der Waals surface area contributed by atoms with E-state index in [2.05, 4.69) is 29.4 Å². The second-order valence-corrected chi connectivity index (χ2v) is 5.03. The van der Waals surface area contributed by atoms with Gasteiger partial charge in [0.2, 0.25) is 0 Å². The first kappa shape index (κ1) is 11.6. The summed E-state index contributed by atoms with van der Waals surface area (Å²) in [4.78, 5) is 17.4. The molecule has 4 nitrogen and oxygen atoms in total. The molecule has 5 heteroatoms. The van der Waals surface area contributed by atoms with Crippen molar-refractivity contribution in [3.8, 4) is 0 Å². The molecule has 2 aromatic rings. The van der Waals surface area contributed by atoms with Crippen LogP contribution in [0.5, 0.6) is 0 Å². The number of primary amides is 1. The zero-order valence-electron chi connectivity index (χ0n) is 9.43.